The molecule has 1 aliphatic heterocycles. The van der Waals surface area contributed by atoms with Crippen LogP contribution in [-0.2, 0) is 4.79 Å². The molecule has 110 valence electrons. The van der Waals surface area contributed by atoms with Crippen LogP contribution in [0.25, 0.3) is 6.08 Å². The second-order valence-corrected chi connectivity index (χ2v) is 5.87. The van der Waals surface area contributed by atoms with E-state index < -0.39 is 5.82 Å². The van der Waals surface area contributed by atoms with Crippen LogP contribution in [0, 0.1) is 12.7 Å². The highest BCUT2D eigenvalue weighted by Crippen LogP contribution is 2.28. The van der Waals surface area contributed by atoms with Gasteiger partial charge >= 0.3 is 0 Å². The zero-order chi connectivity index (χ0) is 15.5. The van der Waals surface area contributed by atoms with Gasteiger partial charge in [-0.15, -0.1) is 0 Å². The molecule has 3 rings (SSSR count). The zero-order valence-electron chi connectivity index (χ0n) is 11.8. The Labute approximate surface area is 132 Å². The molecule has 1 fully saturated rings. The van der Waals surface area contributed by atoms with Crippen molar-refractivity contribution in [3.63, 3.8) is 0 Å². The fourth-order valence-corrected chi connectivity index (χ4v) is 2.78. The summed E-state index contributed by atoms with van der Waals surface area (Å²) >= 11 is 1.21. The summed E-state index contributed by atoms with van der Waals surface area (Å²) in [5, 5.41) is 3.03. The van der Waals surface area contributed by atoms with Crippen molar-refractivity contribution in [2.45, 2.75) is 6.92 Å². The van der Waals surface area contributed by atoms with E-state index in [2.05, 4.69) is 10.3 Å². The smallest absolute Gasteiger partial charge is 0.264 e. The number of nitrogens with one attached hydrogen (secondary N) is 1. The molecule has 2 aromatic rings. The predicted molar refractivity (Wildman–Crippen MR) is 88.4 cm³/mol. The summed E-state index contributed by atoms with van der Waals surface area (Å²) in [5.41, 5.74) is 2.31. The number of thioether (sulfide) groups is 1. The van der Waals surface area contributed by atoms with Crippen molar-refractivity contribution in [1.82, 2.24) is 5.32 Å². The van der Waals surface area contributed by atoms with Crippen molar-refractivity contribution < 1.29 is 9.18 Å². The summed E-state index contributed by atoms with van der Waals surface area (Å²) in [4.78, 5) is 16.6. The number of hydrogen-bond donors (Lipinski definition) is 1. The average Bonchev–Trinajstić information content (AvgIpc) is 2.84. The Kier molecular flexibility index (Phi) is 4.06. The highest BCUT2D eigenvalue weighted by molar-refractivity contribution is 8.18. The van der Waals surface area contributed by atoms with Crippen molar-refractivity contribution in [1.29, 1.82) is 0 Å². The summed E-state index contributed by atoms with van der Waals surface area (Å²) in [5.74, 6) is -0.638. The van der Waals surface area contributed by atoms with Gasteiger partial charge in [-0.05, 0) is 42.5 Å². The number of benzene rings is 2. The number of amides is 1. The highest BCUT2D eigenvalue weighted by Gasteiger charge is 2.24. The average molecular weight is 312 g/mol. The molecule has 0 aromatic heterocycles. The number of aliphatic imine (C=N–C) groups is 1. The molecule has 1 amide bonds. The van der Waals surface area contributed by atoms with Gasteiger partial charge in [-0.3, -0.25) is 4.79 Å². The van der Waals surface area contributed by atoms with E-state index in [9.17, 15) is 9.18 Å². The molecule has 1 saturated heterocycles. The fourth-order valence-electron chi connectivity index (χ4n) is 1.95. The summed E-state index contributed by atoms with van der Waals surface area (Å²) in [7, 11) is 0. The van der Waals surface area contributed by atoms with Crippen LogP contribution in [0.5, 0.6) is 0 Å². The van der Waals surface area contributed by atoms with Crippen molar-refractivity contribution in [3.8, 4) is 0 Å². The second-order valence-electron chi connectivity index (χ2n) is 4.84. The molecule has 0 spiro atoms. The summed E-state index contributed by atoms with van der Waals surface area (Å²) in [6, 6.07) is 14.1. The SMILES string of the molecule is Cc1ccc(/C=C2\SC(=Nc3ccccc3F)NC2=O)cc1. The quantitative estimate of drug-likeness (QED) is 0.851. The Morgan fingerprint density at radius 2 is 1.86 bits per heavy atom. The highest BCUT2D eigenvalue weighted by atomic mass is 32.2. The number of rotatable bonds is 2. The molecule has 0 aliphatic carbocycles. The number of para-hydroxylation sites is 1. The van der Waals surface area contributed by atoms with Gasteiger partial charge in [0.05, 0.1) is 4.91 Å². The molecule has 0 radical (unpaired) electrons. The van der Waals surface area contributed by atoms with Crippen LogP contribution in [0.15, 0.2) is 58.4 Å². The van der Waals surface area contributed by atoms with Crippen molar-refractivity contribution in [2.75, 3.05) is 0 Å². The third kappa shape index (κ3) is 3.26. The van der Waals surface area contributed by atoms with Crippen LogP contribution < -0.4 is 5.32 Å². The number of halogens is 1. The minimum atomic E-state index is -0.416. The molecule has 0 unspecified atom stereocenters. The van der Waals surface area contributed by atoms with E-state index in [4.69, 9.17) is 0 Å². The van der Waals surface area contributed by atoms with Gasteiger partial charge in [0.2, 0.25) is 0 Å². The van der Waals surface area contributed by atoms with E-state index in [0.29, 0.717) is 10.1 Å². The maximum atomic E-state index is 13.6. The van der Waals surface area contributed by atoms with Crippen LogP contribution in [0.1, 0.15) is 11.1 Å². The van der Waals surface area contributed by atoms with E-state index in [1.54, 1.807) is 24.3 Å². The number of hydrogen-bond acceptors (Lipinski definition) is 3. The van der Waals surface area contributed by atoms with E-state index in [-0.39, 0.29) is 11.6 Å². The molecule has 22 heavy (non-hydrogen) atoms. The van der Waals surface area contributed by atoms with Gasteiger partial charge < -0.3 is 5.32 Å². The van der Waals surface area contributed by atoms with Crippen LogP contribution in [0.4, 0.5) is 10.1 Å². The summed E-state index contributed by atoms with van der Waals surface area (Å²) < 4.78 is 13.6. The third-order valence-electron chi connectivity index (χ3n) is 3.10. The minimum absolute atomic E-state index is 0.210. The topological polar surface area (TPSA) is 41.5 Å². The Morgan fingerprint density at radius 3 is 2.59 bits per heavy atom. The second kappa shape index (κ2) is 6.15. The lowest BCUT2D eigenvalue weighted by atomic mass is 10.1. The minimum Gasteiger partial charge on any atom is -0.300 e. The van der Waals surface area contributed by atoms with Gasteiger partial charge in [0.1, 0.15) is 11.5 Å². The van der Waals surface area contributed by atoms with Crippen LogP contribution in [0.3, 0.4) is 0 Å². The number of aryl methyl sites for hydroxylation is 1. The van der Waals surface area contributed by atoms with Crippen molar-refractivity contribution >= 4 is 34.6 Å². The molecular formula is C17H13FN2OS. The van der Waals surface area contributed by atoms with Gasteiger partial charge in [-0.25, -0.2) is 9.38 Å². The molecule has 1 N–H and O–H groups in total. The molecule has 3 nitrogen and oxygen atoms in total. The maximum absolute atomic E-state index is 13.6. The largest absolute Gasteiger partial charge is 0.300 e. The molecule has 0 atom stereocenters. The lowest BCUT2D eigenvalue weighted by molar-refractivity contribution is -0.115. The van der Waals surface area contributed by atoms with Gasteiger partial charge in [0.25, 0.3) is 5.91 Å². The van der Waals surface area contributed by atoms with E-state index in [1.807, 2.05) is 31.2 Å². The van der Waals surface area contributed by atoms with Gasteiger partial charge in [0.15, 0.2) is 5.17 Å². The van der Waals surface area contributed by atoms with Crippen LogP contribution in [0.2, 0.25) is 0 Å². The van der Waals surface area contributed by atoms with Crippen molar-refractivity contribution in [3.05, 3.63) is 70.4 Å². The molecule has 1 aliphatic rings. The lowest BCUT2D eigenvalue weighted by Gasteiger charge is -1.97. The summed E-state index contributed by atoms with van der Waals surface area (Å²) in [6.45, 7) is 2.01. The van der Waals surface area contributed by atoms with Crippen molar-refractivity contribution in [2.24, 2.45) is 4.99 Å². The van der Waals surface area contributed by atoms with E-state index in [1.165, 1.54) is 17.8 Å². The first kappa shape index (κ1) is 14.5. The van der Waals surface area contributed by atoms with Gasteiger partial charge in [-0.1, -0.05) is 42.0 Å². The molecule has 5 heteroatoms. The van der Waals surface area contributed by atoms with Gasteiger partial charge in [0, 0.05) is 0 Å². The maximum Gasteiger partial charge on any atom is 0.264 e. The van der Waals surface area contributed by atoms with Crippen LogP contribution in [-0.4, -0.2) is 11.1 Å². The molecule has 0 saturated carbocycles. The standard InChI is InChI=1S/C17H13FN2OS/c1-11-6-8-12(9-7-11)10-15-16(21)20-17(22-15)19-14-5-3-2-4-13(14)18/h2-10H,1H3,(H,19,20,21)/b15-10-. The Balaban J connectivity index is 1.84. The molecular weight excluding hydrogens is 299 g/mol. The number of amidine groups is 1. The van der Waals surface area contributed by atoms with E-state index >= 15 is 0 Å². The Bertz CT molecular complexity index is 782. The Hall–Kier alpha value is -2.40. The molecule has 0 bridgehead atoms. The first-order chi connectivity index (χ1) is 10.6. The summed E-state index contributed by atoms with van der Waals surface area (Å²) in [6.07, 6.45) is 1.79. The zero-order valence-corrected chi connectivity index (χ0v) is 12.7. The number of carbonyl (C=O) groups excluding carboxylic acids is 1. The monoisotopic (exact) mass is 312 g/mol. The first-order valence-corrected chi connectivity index (χ1v) is 7.54. The fraction of sp³-hybridized carbons (Fsp3) is 0.0588. The van der Waals surface area contributed by atoms with Gasteiger partial charge in [-0.2, -0.15) is 0 Å². The van der Waals surface area contributed by atoms with E-state index in [0.717, 1.165) is 11.1 Å². The molecule has 1 heterocycles. The molecule has 2 aromatic carbocycles. The number of nitrogens with zero attached hydrogens (tertiary/aromatic N) is 1. The predicted octanol–water partition coefficient (Wildman–Crippen LogP) is 4.03. The lowest BCUT2D eigenvalue weighted by Crippen LogP contribution is -2.19. The third-order valence-corrected chi connectivity index (χ3v) is 4.01. The number of carbonyl (C=O) groups is 1. The van der Waals surface area contributed by atoms with Crippen LogP contribution >= 0.6 is 11.8 Å². The first-order valence-electron chi connectivity index (χ1n) is 6.72. The normalized spacial score (nSPS) is 18.0. The Morgan fingerprint density at radius 1 is 1.14 bits per heavy atom.